The molecule has 2 nitrogen and oxygen atoms in total. The Morgan fingerprint density at radius 3 is 2.58 bits per heavy atom. The number of carbonyl (C=O) groups is 1. The van der Waals surface area contributed by atoms with Crippen molar-refractivity contribution in [3.05, 3.63) is 30.3 Å². The summed E-state index contributed by atoms with van der Waals surface area (Å²) in [4.78, 5) is 10.4. The Hall–Kier alpha value is 0.0434. The zero-order valence-electron chi connectivity index (χ0n) is 6.71. The molecule has 0 aliphatic rings. The number of esters is 1. The van der Waals surface area contributed by atoms with Gasteiger partial charge in [0.25, 0.3) is 0 Å². The van der Waals surface area contributed by atoms with Gasteiger partial charge in [-0.25, -0.2) is 0 Å². The topological polar surface area (TPSA) is 26.3 Å². The van der Waals surface area contributed by atoms with E-state index in [0.29, 0.717) is 5.75 Å². The van der Waals surface area contributed by atoms with Gasteiger partial charge in [0.1, 0.15) is 5.75 Å². The maximum atomic E-state index is 10.4. The first-order valence-corrected chi connectivity index (χ1v) is 2.94. The number of para-hydroxylation sites is 1. The molecule has 1 aromatic carbocycles. The van der Waals surface area contributed by atoms with Crippen LogP contribution in [0, 0.1) is 6.07 Å². The van der Waals surface area contributed by atoms with Crippen LogP contribution in [0.4, 0.5) is 0 Å². The van der Waals surface area contributed by atoms with Crippen LogP contribution in [0.2, 0.25) is 0 Å². The molecule has 61 valence electrons. The molecular formula is C8H7IO2Zn-. The van der Waals surface area contributed by atoms with Crippen LogP contribution in [0.1, 0.15) is 6.92 Å². The standard InChI is InChI=1S/C8H7O2.HI.Zn/c1-7(9)10-8-5-3-2-4-6-8;;/h2-5H,1H3;1H;/p-1. The molecule has 0 aromatic heterocycles. The summed E-state index contributed by atoms with van der Waals surface area (Å²) in [6, 6.07) is 9.73. The molecule has 0 N–H and O–H groups in total. The van der Waals surface area contributed by atoms with Crippen molar-refractivity contribution >= 4 is 5.97 Å². The monoisotopic (exact) mass is 326 g/mol. The number of carbonyl (C=O) groups excluding carboxylic acids is 1. The zero-order valence-corrected chi connectivity index (χ0v) is 11.8. The summed E-state index contributed by atoms with van der Waals surface area (Å²) < 4.78 is 4.72. The van der Waals surface area contributed by atoms with Crippen molar-refractivity contribution in [1.82, 2.24) is 0 Å². The minimum Gasteiger partial charge on any atom is -1.00 e. The maximum absolute atomic E-state index is 10.4. The number of ether oxygens (including phenoxy) is 1. The molecule has 0 heterocycles. The fourth-order valence-electron chi connectivity index (χ4n) is 0.595. The summed E-state index contributed by atoms with van der Waals surface area (Å²) in [7, 11) is 0. The third kappa shape index (κ3) is 5.66. The van der Waals surface area contributed by atoms with Crippen molar-refractivity contribution in [3.63, 3.8) is 0 Å². The molecule has 0 saturated carbocycles. The fraction of sp³-hybridized carbons (Fsp3) is 0.125. The Labute approximate surface area is 101 Å². The van der Waals surface area contributed by atoms with Crippen LogP contribution >= 0.6 is 0 Å². The van der Waals surface area contributed by atoms with E-state index in [-0.39, 0.29) is 49.4 Å². The molecule has 1 aromatic rings. The second-order valence-electron chi connectivity index (χ2n) is 1.82. The molecular weight excluding hydrogens is 320 g/mol. The van der Waals surface area contributed by atoms with Crippen LogP contribution in [0.25, 0.3) is 0 Å². The number of halogens is 1. The van der Waals surface area contributed by atoms with Gasteiger partial charge in [0, 0.05) is 32.5 Å². The predicted molar refractivity (Wildman–Crippen MR) is 36.6 cm³/mol. The molecule has 0 aliphatic heterocycles. The average Bonchev–Trinajstić information content (AvgIpc) is 1.88. The molecule has 0 unspecified atom stereocenters. The molecule has 0 amide bonds. The van der Waals surface area contributed by atoms with Gasteiger partial charge in [-0.15, -0.1) is 0 Å². The van der Waals surface area contributed by atoms with E-state index in [9.17, 15) is 4.79 Å². The van der Waals surface area contributed by atoms with Crippen molar-refractivity contribution < 1.29 is 53.0 Å². The van der Waals surface area contributed by atoms with Crippen molar-refractivity contribution in [2.45, 2.75) is 6.92 Å². The minimum absolute atomic E-state index is 0. The molecule has 0 fully saturated rings. The van der Waals surface area contributed by atoms with Crippen LogP contribution < -0.4 is 28.7 Å². The van der Waals surface area contributed by atoms with Gasteiger partial charge in [-0.05, 0) is 6.07 Å². The molecule has 0 bridgehead atoms. The Balaban J connectivity index is 0. The maximum Gasteiger partial charge on any atom is 0.308 e. The predicted octanol–water partition coefficient (Wildman–Crippen LogP) is -1.59. The Morgan fingerprint density at radius 2 is 2.17 bits per heavy atom. The summed E-state index contributed by atoms with van der Waals surface area (Å²) in [6.07, 6.45) is 0. The summed E-state index contributed by atoms with van der Waals surface area (Å²) in [5.74, 6) is 0.150. The van der Waals surface area contributed by atoms with E-state index < -0.39 is 0 Å². The Kier molecular flexibility index (Phi) is 9.32. The van der Waals surface area contributed by atoms with Crippen molar-refractivity contribution in [3.8, 4) is 5.75 Å². The van der Waals surface area contributed by atoms with E-state index in [2.05, 4.69) is 6.07 Å². The Morgan fingerprint density at radius 1 is 1.50 bits per heavy atom. The van der Waals surface area contributed by atoms with E-state index in [1.54, 1.807) is 18.2 Å². The van der Waals surface area contributed by atoms with E-state index in [4.69, 9.17) is 4.74 Å². The van der Waals surface area contributed by atoms with Gasteiger partial charge in [-0.2, -0.15) is 0 Å². The van der Waals surface area contributed by atoms with E-state index >= 15 is 0 Å². The van der Waals surface area contributed by atoms with E-state index in [1.807, 2.05) is 6.07 Å². The van der Waals surface area contributed by atoms with Gasteiger partial charge in [-0.3, -0.25) is 4.79 Å². The summed E-state index contributed by atoms with van der Waals surface area (Å²) in [5.41, 5.74) is 0. The second-order valence-corrected chi connectivity index (χ2v) is 1.82. The van der Waals surface area contributed by atoms with Crippen molar-refractivity contribution in [1.29, 1.82) is 0 Å². The first kappa shape index (κ1) is 14.6. The van der Waals surface area contributed by atoms with Crippen LogP contribution in [-0.4, -0.2) is 5.97 Å². The first-order chi connectivity index (χ1) is 4.79. The number of rotatable bonds is 1. The summed E-state index contributed by atoms with van der Waals surface area (Å²) >= 11 is 0. The van der Waals surface area contributed by atoms with Gasteiger partial charge >= 0.3 is 5.97 Å². The molecule has 0 spiro atoms. The SMILES string of the molecule is CC(=O)Oc1[c]cccc1.[I-].[Zn]. The minimum atomic E-state index is -0.317. The second kappa shape index (κ2) is 7.68. The van der Waals surface area contributed by atoms with Gasteiger partial charge in [0.05, 0.1) is 0 Å². The average molecular weight is 327 g/mol. The van der Waals surface area contributed by atoms with Gasteiger partial charge in [0.2, 0.25) is 0 Å². The molecule has 1 rings (SSSR count). The van der Waals surface area contributed by atoms with Gasteiger partial charge in [0.15, 0.2) is 0 Å². The molecule has 1 radical (unpaired) electrons. The largest absolute Gasteiger partial charge is 1.00 e. The molecule has 0 atom stereocenters. The zero-order chi connectivity index (χ0) is 7.40. The molecule has 0 aliphatic carbocycles. The van der Waals surface area contributed by atoms with E-state index in [1.165, 1.54) is 6.92 Å². The summed E-state index contributed by atoms with van der Waals surface area (Å²) in [5, 5.41) is 0. The fourth-order valence-corrected chi connectivity index (χ4v) is 0.595. The van der Waals surface area contributed by atoms with E-state index in [0.717, 1.165) is 0 Å². The number of hydrogen-bond donors (Lipinski definition) is 0. The number of benzene rings is 1. The number of hydrogen-bond acceptors (Lipinski definition) is 2. The summed E-state index contributed by atoms with van der Waals surface area (Å²) in [6.45, 7) is 1.36. The van der Waals surface area contributed by atoms with Gasteiger partial charge < -0.3 is 28.7 Å². The third-order valence-corrected chi connectivity index (χ3v) is 0.934. The van der Waals surface area contributed by atoms with Crippen LogP contribution in [0.15, 0.2) is 24.3 Å². The smallest absolute Gasteiger partial charge is 0.308 e. The van der Waals surface area contributed by atoms with Crippen molar-refractivity contribution in [2.75, 3.05) is 0 Å². The third-order valence-electron chi connectivity index (χ3n) is 0.934. The van der Waals surface area contributed by atoms with Crippen LogP contribution in [0.3, 0.4) is 0 Å². The quantitative estimate of drug-likeness (QED) is 0.269. The first-order valence-electron chi connectivity index (χ1n) is 2.94. The van der Waals surface area contributed by atoms with Crippen molar-refractivity contribution in [2.24, 2.45) is 0 Å². The van der Waals surface area contributed by atoms with Crippen LogP contribution in [0.5, 0.6) is 5.75 Å². The normalized spacial score (nSPS) is 7.42. The molecule has 4 heteroatoms. The molecule has 12 heavy (non-hydrogen) atoms. The van der Waals surface area contributed by atoms with Crippen LogP contribution in [-0.2, 0) is 24.3 Å². The Bertz CT molecular complexity index is 226. The van der Waals surface area contributed by atoms with Gasteiger partial charge in [-0.1, -0.05) is 18.2 Å². The molecule has 0 saturated heterocycles.